The molecule has 0 amide bonds. The molecule has 0 saturated carbocycles. The highest BCUT2D eigenvalue weighted by atomic mass is 32.3. The van der Waals surface area contributed by atoms with Gasteiger partial charge in [-0.05, 0) is 53.6 Å². The molecule has 1 aliphatic rings. The summed E-state index contributed by atoms with van der Waals surface area (Å²) >= 11 is 0. The molecule has 6 nitrogen and oxygen atoms in total. The number of fused-ring (bicyclic) bond motifs is 3. The number of benzene rings is 2. The molecule has 22 heavy (non-hydrogen) atoms. The summed E-state index contributed by atoms with van der Waals surface area (Å²) in [6.07, 6.45) is 0.665. The van der Waals surface area contributed by atoms with E-state index in [-0.39, 0.29) is 11.4 Å². The van der Waals surface area contributed by atoms with Crippen LogP contribution in [0.25, 0.3) is 11.1 Å². The van der Waals surface area contributed by atoms with Crippen LogP contribution in [0.4, 0.5) is 5.69 Å². The van der Waals surface area contributed by atoms with Gasteiger partial charge in [0, 0.05) is 0 Å². The molecule has 0 radical (unpaired) electrons. The van der Waals surface area contributed by atoms with Gasteiger partial charge in [-0.15, -0.1) is 0 Å². The van der Waals surface area contributed by atoms with Crippen LogP contribution in [-0.2, 0) is 16.8 Å². The molecule has 0 atom stereocenters. The minimum atomic E-state index is -4.70. The van der Waals surface area contributed by atoms with Gasteiger partial charge in [0.05, 0.1) is 0 Å². The third-order valence-electron chi connectivity index (χ3n) is 3.35. The normalized spacial score (nSPS) is 13.6. The van der Waals surface area contributed by atoms with Crippen molar-refractivity contribution in [1.29, 1.82) is 0 Å². The van der Waals surface area contributed by atoms with Crippen LogP contribution in [-0.4, -0.2) is 18.9 Å². The topological polar surface area (TPSA) is 99.0 Å². The van der Waals surface area contributed by atoms with Gasteiger partial charge in [0.2, 0.25) is 0 Å². The van der Waals surface area contributed by atoms with Gasteiger partial charge in [-0.25, -0.2) is 0 Å². The van der Waals surface area contributed by atoms with Crippen molar-refractivity contribution in [1.82, 2.24) is 0 Å². The first-order valence-corrected chi connectivity index (χ1v) is 7.84. The van der Waals surface area contributed by atoms with Crippen molar-refractivity contribution in [3.05, 3.63) is 47.5 Å². The molecule has 3 rings (SSSR count). The second kappa shape index (κ2) is 5.11. The summed E-state index contributed by atoms with van der Waals surface area (Å²) in [6, 6.07) is 10.8. The first-order chi connectivity index (χ1) is 10.3. The lowest BCUT2D eigenvalue weighted by Gasteiger charge is -2.11. The molecule has 0 aliphatic heterocycles. The number of rotatable bonds is 3. The van der Waals surface area contributed by atoms with Gasteiger partial charge in [0.25, 0.3) is 0 Å². The average molecular weight is 318 g/mol. The van der Waals surface area contributed by atoms with E-state index in [9.17, 15) is 13.5 Å². The molecule has 114 valence electrons. The van der Waals surface area contributed by atoms with Crippen molar-refractivity contribution >= 4 is 22.0 Å². The monoisotopic (exact) mass is 318 g/mol. The van der Waals surface area contributed by atoms with Crippen LogP contribution in [0.3, 0.4) is 0 Å². The van der Waals surface area contributed by atoms with Gasteiger partial charge in [0.1, 0.15) is 5.69 Å². The van der Waals surface area contributed by atoms with Gasteiger partial charge in [0.15, 0.2) is 5.75 Å². The molecule has 1 aliphatic carbocycles. The van der Waals surface area contributed by atoms with E-state index in [0.29, 0.717) is 6.42 Å². The fourth-order valence-corrected chi connectivity index (χ4v) is 2.95. The molecule has 1 N–H and O–H groups in total. The predicted molar refractivity (Wildman–Crippen MR) is 79.6 cm³/mol. The van der Waals surface area contributed by atoms with Crippen LogP contribution in [0.1, 0.15) is 18.1 Å². The fourth-order valence-electron chi connectivity index (χ4n) is 2.59. The molecule has 0 bridgehead atoms. The summed E-state index contributed by atoms with van der Waals surface area (Å²) < 4.78 is 35.4. The highest BCUT2D eigenvalue weighted by molar-refractivity contribution is 7.81. The highest BCUT2D eigenvalue weighted by Crippen LogP contribution is 2.43. The molecule has 0 heterocycles. The Morgan fingerprint density at radius 2 is 1.95 bits per heavy atom. The summed E-state index contributed by atoms with van der Waals surface area (Å²) in [6.45, 7) is 1.25. The zero-order chi connectivity index (χ0) is 15.9. The smallest absolute Gasteiger partial charge is 0.446 e. The first kappa shape index (κ1) is 14.6. The molecule has 0 saturated heterocycles. The van der Waals surface area contributed by atoms with Crippen LogP contribution < -0.4 is 9.29 Å². The molecule has 0 spiro atoms. The van der Waals surface area contributed by atoms with Crippen LogP contribution in [0.2, 0.25) is 0 Å². The van der Waals surface area contributed by atoms with Gasteiger partial charge >= 0.3 is 10.4 Å². The summed E-state index contributed by atoms with van der Waals surface area (Å²) in [7, 11) is -4.70. The van der Waals surface area contributed by atoms with E-state index < -0.39 is 16.3 Å². The molecule has 2 aromatic carbocycles. The summed E-state index contributed by atoms with van der Waals surface area (Å²) in [5.41, 5.74) is 3.86. The van der Waals surface area contributed by atoms with E-state index in [1.165, 1.54) is 13.0 Å². The molecule has 7 heteroatoms. The maximum absolute atomic E-state index is 11.2. The van der Waals surface area contributed by atoms with E-state index in [2.05, 4.69) is 9.18 Å². The SMILES string of the molecule is CC([O-])=Nc1cc2c(cc1OS(=O)(=O)O)-c1ccccc1C2. The van der Waals surface area contributed by atoms with Crippen LogP contribution >= 0.6 is 0 Å². The third kappa shape index (κ3) is 2.81. The number of hydrogen-bond donors (Lipinski definition) is 1. The minimum absolute atomic E-state index is 0.0803. The van der Waals surface area contributed by atoms with Gasteiger partial charge in [-0.1, -0.05) is 24.3 Å². The fraction of sp³-hybridized carbons (Fsp3) is 0.133. The van der Waals surface area contributed by atoms with Gasteiger partial charge in [-0.3, -0.25) is 9.55 Å². The maximum atomic E-state index is 11.2. The summed E-state index contributed by atoms with van der Waals surface area (Å²) in [5, 5.41) is 11.2. The van der Waals surface area contributed by atoms with Crippen LogP contribution in [0.5, 0.6) is 5.75 Å². The Morgan fingerprint density at radius 3 is 2.64 bits per heavy atom. The number of nitrogens with zero attached hydrogens (tertiary/aromatic N) is 1. The summed E-state index contributed by atoms with van der Waals surface area (Å²) in [5.74, 6) is -0.663. The maximum Gasteiger partial charge on any atom is 0.446 e. The van der Waals surface area contributed by atoms with Gasteiger partial charge in [-0.2, -0.15) is 8.42 Å². The van der Waals surface area contributed by atoms with E-state index >= 15 is 0 Å². The standard InChI is InChI=1S/C15H13NO5S/c1-9(17)16-14-7-11-6-10-4-2-3-5-12(10)13(11)8-15(14)21-22(18,19)20/h2-5,7-8H,6H2,1H3,(H,16,17)(H,18,19,20)/p-1. The van der Waals surface area contributed by atoms with Crippen molar-refractivity contribution < 1.29 is 22.3 Å². The Morgan fingerprint density at radius 1 is 1.23 bits per heavy atom. The van der Waals surface area contributed by atoms with Crippen molar-refractivity contribution in [2.45, 2.75) is 13.3 Å². The molecular formula is C15H12NO5S-. The summed E-state index contributed by atoms with van der Waals surface area (Å²) in [4.78, 5) is 3.74. The van der Waals surface area contributed by atoms with E-state index in [1.54, 1.807) is 6.07 Å². The lowest BCUT2D eigenvalue weighted by atomic mass is 10.0. The molecule has 0 unspecified atom stereocenters. The Bertz CT molecular complexity index is 883. The zero-order valence-corrected chi connectivity index (χ0v) is 12.4. The van der Waals surface area contributed by atoms with Gasteiger partial charge < -0.3 is 9.29 Å². The quantitative estimate of drug-likeness (QED) is 0.451. The van der Waals surface area contributed by atoms with Crippen molar-refractivity contribution in [3.8, 4) is 16.9 Å². The predicted octanol–water partition coefficient (Wildman–Crippen LogP) is 1.85. The average Bonchev–Trinajstić information content (AvgIpc) is 2.74. The van der Waals surface area contributed by atoms with E-state index in [0.717, 1.165) is 22.3 Å². The Labute approximate surface area is 127 Å². The van der Waals surface area contributed by atoms with Crippen molar-refractivity contribution in [2.24, 2.45) is 4.99 Å². The number of hydrogen-bond acceptors (Lipinski definition) is 5. The molecular weight excluding hydrogens is 306 g/mol. The molecule has 2 aromatic rings. The van der Waals surface area contributed by atoms with Crippen LogP contribution in [0, 0.1) is 0 Å². The third-order valence-corrected chi connectivity index (χ3v) is 3.74. The minimum Gasteiger partial charge on any atom is -0.862 e. The zero-order valence-electron chi connectivity index (χ0n) is 11.6. The lowest BCUT2D eigenvalue weighted by molar-refractivity contribution is -0.215. The van der Waals surface area contributed by atoms with E-state index in [1.807, 2.05) is 24.3 Å². The van der Waals surface area contributed by atoms with E-state index in [4.69, 9.17) is 4.55 Å². The Hall–Kier alpha value is -2.38. The second-order valence-corrected chi connectivity index (χ2v) is 5.98. The van der Waals surface area contributed by atoms with Crippen molar-refractivity contribution in [2.75, 3.05) is 0 Å². The molecule has 0 aromatic heterocycles. The Kier molecular flexibility index (Phi) is 3.38. The molecule has 0 fully saturated rings. The first-order valence-electron chi connectivity index (χ1n) is 6.48. The lowest BCUT2D eigenvalue weighted by Crippen LogP contribution is -2.12. The van der Waals surface area contributed by atoms with Crippen molar-refractivity contribution in [3.63, 3.8) is 0 Å². The van der Waals surface area contributed by atoms with Crippen LogP contribution in [0.15, 0.2) is 41.4 Å². The highest BCUT2D eigenvalue weighted by Gasteiger charge is 2.22. The second-order valence-electron chi connectivity index (χ2n) is 4.95. The Balaban J connectivity index is 2.19. The number of aliphatic imine (C=N–C) groups is 1. The largest absolute Gasteiger partial charge is 0.862 e.